The molecule has 1 amide bonds. The van der Waals surface area contributed by atoms with Crippen LogP contribution in [-0.4, -0.2) is 11.9 Å². The number of nitriles is 3. The first-order chi connectivity index (χ1) is 12.6. The standard InChI is InChI=1S/C20H21N5O/c1-2-14-7-9-16(10-8-14)24-20(26)17-5-3-4-6-18(17)25-19(13-23)15(11-21)12-22/h3-6,14,16,25H,2,7-10H2,1H3,(H,24,26). The molecule has 0 aliphatic heterocycles. The minimum Gasteiger partial charge on any atom is -0.349 e. The van der Waals surface area contributed by atoms with Crippen LogP contribution >= 0.6 is 0 Å². The highest BCUT2D eigenvalue weighted by Crippen LogP contribution is 2.27. The van der Waals surface area contributed by atoms with Crippen molar-refractivity contribution >= 4 is 11.6 Å². The molecular formula is C20H21N5O. The Bertz CT molecular complexity index is 798. The van der Waals surface area contributed by atoms with Gasteiger partial charge in [0.1, 0.15) is 23.9 Å². The lowest BCUT2D eigenvalue weighted by molar-refractivity contribution is 0.0922. The SMILES string of the molecule is CCC1CCC(NC(=O)c2ccccc2NC(C#N)=C(C#N)C#N)CC1. The molecule has 1 aromatic carbocycles. The van der Waals surface area contributed by atoms with Crippen molar-refractivity contribution in [3.63, 3.8) is 0 Å². The first-order valence-corrected chi connectivity index (χ1v) is 8.74. The molecule has 0 unspecified atom stereocenters. The van der Waals surface area contributed by atoms with Crippen LogP contribution in [0.25, 0.3) is 0 Å². The van der Waals surface area contributed by atoms with E-state index in [1.807, 2.05) is 0 Å². The quantitative estimate of drug-likeness (QED) is 0.790. The van der Waals surface area contributed by atoms with E-state index in [0.29, 0.717) is 11.3 Å². The van der Waals surface area contributed by atoms with Crippen molar-refractivity contribution in [2.45, 2.75) is 45.1 Å². The normalized spacial score (nSPS) is 18.5. The predicted molar refractivity (Wildman–Crippen MR) is 97.4 cm³/mol. The summed E-state index contributed by atoms with van der Waals surface area (Å²) >= 11 is 0. The molecule has 1 aliphatic rings. The first-order valence-electron chi connectivity index (χ1n) is 8.74. The Morgan fingerprint density at radius 2 is 1.73 bits per heavy atom. The third-order valence-corrected chi connectivity index (χ3v) is 4.78. The van der Waals surface area contributed by atoms with Gasteiger partial charge in [-0.15, -0.1) is 0 Å². The summed E-state index contributed by atoms with van der Waals surface area (Å²) in [5, 5.41) is 32.9. The van der Waals surface area contributed by atoms with Gasteiger partial charge in [0.2, 0.25) is 0 Å². The van der Waals surface area contributed by atoms with E-state index in [9.17, 15) is 10.1 Å². The summed E-state index contributed by atoms with van der Waals surface area (Å²) in [5.74, 6) is 0.525. The fourth-order valence-electron chi connectivity index (χ4n) is 3.19. The summed E-state index contributed by atoms with van der Waals surface area (Å²) in [6.07, 6.45) is 5.36. The van der Waals surface area contributed by atoms with Crippen molar-refractivity contribution < 1.29 is 4.79 Å². The summed E-state index contributed by atoms with van der Waals surface area (Å²) in [5.41, 5.74) is 0.291. The Hall–Kier alpha value is -3.30. The number of benzene rings is 1. The molecule has 1 fully saturated rings. The van der Waals surface area contributed by atoms with E-state index in [-0.39, 0.29) is 23.2 Å². The van der Waals surface area contributed by atoms with Crippen molar-refractivity contribution in [1.29, 1.82) is 15.8 Å². The number of amides is 1. The minimum atomic E-state index is -0.319. The van der Waals surface area contributed by atoms with Crippen LogP contribution in [0.5, 0.6) is 0 Å². The number of hydrogen-bond donors (Lipinski definition) is 2. The molecule has 0 saturated heterocycles. The van der Waals surface area contributed by atoms with E-state index in [2.05, 4.69) is 17.6 Å². The largest absolute Gasteiger partial charge is 0.349 e. The maximum atomic E-state index is 12.7. The van der Waals surface area contributed by atoms with Crippen molar-refractivity contribution in [3.8, 4) is 18.2 Å². The summed E-state index contributed by atoms with van der Waals surface area (Å²) < 4.78 is 0. The molecule has 0 radical (unpaired) electrons. The van der Waals surface area contributed by atoms with Crippen LogP contribution in [-0.2, 0) is 0 Å². The average Bonchev–Trinajstić information content (AvgIpc) is 2.68. The number of carbonyl (C=O) groups excluding carboxylic acids is 1. The van der Waals surface area contributed by atoms with Crippen LogP contribution in [0.15, 0.2) is 35.5 Å². The highest BCUT2D eigenvalue weighted by Gasteiger charge is 2.22. The van der Waals surface area contributed by atoms with Crippen molar-refractivity contribution in [2.75, 3.05) is 5.32 Å². The molecule has 6 heteroatoms. The predicted octanol–water partition coefficient (Wildman–Crippen LogP) is 3.62. The summed E-state index contributed by atoms with van der Waals surface area (Å²) in [6, 6.07) is 12.1. The van der Waals surface area contributed by atoms with Gasteiger partial charge >= 0.3 is 0 Å². The zero-order chi connectivity index (χ0) is 18.9. The molecule has 0 aromatic heterocycles. The van der Waals surface area contributed by atoms with Crippen molar-refractivity contribution in [2.24, 2.45) is 5.92 Å². The number of para-hydroxylation sites is 1. The minimum absolute atomic E-state index is 0.151. The van der Waals surface area contributed by atoms with E-state index in [1.165, 1.54) is 6.42 Å². The maximum absolute atomic E-state index is 12.7. The summed E-state index contributed by atoms with van der Waals surface area (Å²) in [4.78, 5) is 12.7. The van der Waals surface area contributed by atoms with Gasteiger partial charge < -0.3 is 10.6 Å². The molecule has 0 spiro atoms. The molecule has 1 aromatic rings. The second-order valence-corrected chi connectivity index (χ2v) is 6.36. The monoisotopic (exact) mass is 347 g/mol. The summed E-state index contributed by atoms with van der Waals surface area (Å²) in [7, 11) is 0. The Morgan fingerprint density at radius 1 is 1.08 bits per heavy atom. The fraction of sp³-hybridized carbons (Fsp3) is 0.400. The van der Waals surface area contributed by atoms with Crippen LogP contribution in [0.1, 0.15) is 49.4 Å². The maximum Gasteiger partial charge on any atom is 0.253 e. The molecule has 132 valence electrons. The second kappa shape index (κ2) is 9.25. The van der Waals surface area contributed by atoms with Gasteiger partial charge in [0.25, 0.3) is 5.91 Å². The van der Waals surface area contributed by atoms with Crippen LogP contribution in [0.3, 0.4) is 0 Å². The Kier molecular flexibility index (Phi) is 6.77. The van der Waals surface area contributed by atoms with E-state index < -0.39 is 0 Å². The van der Waals surface area contributed by atoms with E-state index in [0.717, 1.165) is 31.6 Å². The molecule has 26 heavy (non-hydrogen) atoms. The first kappa shape index (κ1) is 19.0. The van der Waals surface area contributed by atoms with Crippen molar-refractivity contribution in [1.82, 2.24) is 5.32 Å². The highest BCUT2D eigenvalue weighted by atomic mass is 16.1. The number of nitrogens with one attached hydrogen (secondary N) is 2. The zero-order valence-electron chi connectivity index (χ0n) is 14.7. The Labute approximate surface area is 153 Å². The van der Waals surface area contributed by atoms with Crippen molar-refractivity contribution in [3.05, 3.63) is 41.1 Å². The topological polar surface area (TPSA) is 112 Å². The molecule has 2 rings (SSSR count). The number of hydrogen-bond acceptors (Lipinski definition) is 5. The van der Waals surface area contributed by atoms with Gasteiger partial charge in [0.15, 0.2) is 5.57 Å². The van der Waals surface area contributed by atoms with E-state index in [4.69, 9.17) is 10.5 Å². The molecule has 0 heterocycles. The van der Waals surface area contributed by atoms with Gasteiger partial charge in [-0.3, -0.25) is 4.79 Å². The lowest BCUT2D eigenvalue weighted by Crippen LogP contribution is -2.37. The van der Waals surface area contributed by atoms with Crippen LogP contribution in [0.2, 0.25) is 0 Å². The van der Waals surface area contributed by atoms with E-state index in [1.54, 1.807) is 42.5 Å². The molecule has 0 bridgehead atoms. The molecule has 2 N–H and O–H groups in total. The van der Waals surface area contributed by atoms with Crippen LogP contribution in [0.4, 0.5) is 5.69 Å². The lowest BCUT2D eigenvalue weighted by atomic mass is 9.84. The third kappa shape index (κ3) is 4.62. The zero-order valence-corrected chi connectivity index (χ0v) is 14.7. The fourth-order valence-corrected chi connectivity index (χ4v) is 3.19. The van der Waals surface area contributed by atoms with Gasteiger partial charge in [-0.2, -0.15) is 15.8 Å². The molecule has 6 nitrogen and oxygen atoms in total. The van der Waals surface area contributed by atoms with Gasteiger partial charge in [-0.05, 0) is 43.7 Å². The van der Waals surface area contributed by atoms with Gasteiger partial charge in [0, 0.05) is 6.04 Å². The number of carbonyl (C=O) groups is 1. The van der Waals surface area contributed by atoms with Crippen LogP contribution in [0, 0.1) is 39.9 Å². The Balaban J connectivity index is 2.15. The lowest BCUT2D eigenvalue weighted by Gasteiger charge is -2.28. The van der Waals surface area contributed by atoms with Crippen LogP contribution < -0.4 is 10.6 Å². The molecule has 0 atom stereocenters. The number of nitrogens with zero attached hydrogens (tertiary/aromatic N) is 3. The van der Waals surface area contributed by atoms with Gasteiger partial charge in [0.05, 0.1) is 11.3 Å². The Morgan fingerprint density at radius 3 is 2.31 bits per heavy atom. The molecule has 1 saturated carbocycles. The van der Waals surface area contributed by atoms with Gasteiger partial charge in [-0.25, -0.2) is 0 Å². The summed E-state index contributed by atoms with van der Waals surface area (Å²) in [6.45, 7) is 2.20. The number of rotatable bonds is 5. The number of anilines is 1. The third-order valence-electron chi connectivity index (χ3n) is 4.78. The second-order valence-electron chi connectivity index (χ2n) is 6.36. The highest BCUT2D eigenvalue weighted by molar-refractivity contribution is 6.00. The smallest absolute Gasteiger partial charge is 0.253 e. The number of allylic oxidation sites excluding steroid dienone is 2. The molecule has 1 aliphatic carbocycles. The van der Waals surface area contributed by atoms with E-state index >= 15 is 0 Å². The van der Waals surface area contributed by atoms with Gasteiger partial charge in [-0.1, -0.05) is 25.5 Å². The average molecular weight is 347 g/mol. The molecular weight excluding hydrogens is 326 g/mol.